The number of carbonyl (C=O) groups is 1. The van der Waals surface area contributed by atoms with Gasteiger partial charge in [0.25, 0.3) is 5.91 Å². The van der Waals surface area contributed by atoms with Crippen LogP contribution in [-0.4, -0.2) is 42.5 Å². The lowest BCUT2D eigenvalue weighted by atomic mass is 10.2. The molecule has 6 nitrogen and oxygen atoms in total. The number of halogens is 1. The number of nitrogens with two attached hydrogens (primary N) is 1. The molecule has 18 heavy (non-hydrogen) atoms. The largest absolute Gasteiger partial charge is 0.350 e. The van der Waals surface area contributed by atoms with Crippen LogP contribution in [0.4, 0.5) is 10.2 Å². The molecule has 1 rings (SSSR count). The summed E-state index contributed by atoms with van der Waals surface area (Å²) in [5, 5.41) is 2.66. The van der Waals surface area contributed by atoms with Crippen LogP contribution in [0.15, 0.2) is 12.3 Å². The van der Waals surface area contributed by atoms with Crippen LogP contribution in [0.1, 0.15) is 17.3 Å². The van der Waals surface area contributed by atoms with Gasteiger partial charge in [-0.1, -0.05) is 0 Å². The zero-order valence-electron chi connectivity index (χ0n) is 10.7. The van der Waals surface area contributed by atoms with E-state index in [2.05, 4.69) is 15.7 Å². The molecule has 100 valence electrons. The van der Waals surface area contributed by atoms with Crippen molar-refractivity contribution in [2.45, 2.75) is 13.0 Å². The average molecular weight is 255 g/mol. The van der Waals surface area contributed by atoms with Crippen molar-refractivity contribution in [2.24, 2.45) is 5.84 Å². The molecule has 0 fully saturated rings. The zero-order chi connectivity index (χ0) is 13.7. The van der Waals surface area contributed by atoms with Crippen molar-refractivity contribution in [3.05, 3.63) is 23.6 Å². The van der Waals surface area contributed by atoms with Gasteiger partial charge in [0.2, 0.25) is 0 Å². The van der Waals surface area contributed by atoms with Crippen molar-refractivity contribution >= 4 is 11.7 Å². The van der Waals surface area contributed by atoms with Gasteiger partial charge in [0.15, 0.2) is 11.6 Å². The van der Waals surface area contributed by atoms with Crippen LogP contribution in [0, 0.1) is 5.82 Å². The Morgan fingerprint density at radius 3 is 2.83 bits per heavy atom. The number of rotatable bonds is 5. The first-order valence-electron chi connectivity index (χ1n) is 5.53. The average Bonchev–Trinajstić information content (AvgIpc) is 2.35. The van der Waals surface area contributed by atoms with Gasteiger partial charge in [-0.15, -0.1) is 0 Å². The molecule has 0 saturated heterocycles. The predicted molar refractivity (Wildman–Crippen MR) is 67.5 cm³/mol. The minimum Gasteiger partial charge on any atom is -0.350 e. The Morgan fingerprint density at radius 1 is 1.61 bits per heavy atom. The number of likely N-dealkylation sites (N-methyl/N-ethyl adjacent to an activating group) is 1. The summed E-state index contributed by atoms with van der Waals surface area (Å²) in [5.41, 5.74) is 2.02. The Kier molecular flexibility index (Phi) is 4.99. The fourth-order valence-corrected chi connectivity index (χ4v) is 1.24. The Bertz CT molecular complexity index is 424. The van der Waals surface area contributed by atoms with Gasteiger partial charge < -0.3 is 15.6 Å². The maximum Gasteiger partial charge on any atom is 0.254 e. The minimum absolute atomic E-state index is 0.0797. The lowest BCUT2D eigenvalue weighted by Crippen LogP contribution is -2.38. The molecule has 0 aliphatic rings. The molecule has 1 atom stereocenters. The number of carbonyl (C=O) groups excluding carboxylic acids is 1. The van der Waals surface area contributed by atoms with Crippen LogP contribution in [0.2, 0.25) is 0 Å². The van der Waals surface area contributed by atoms with Crippen molar-refractivity contribution < 1.29 is 9.18 Å². The van der Waals surface area contributed by atoms with Gasteiger partial charge in [-0.25, -0.2) is 15.2 Å². The normalized spacial score (nSPS) is 12.3. The molecule has 0 aliphatic heterocycles. The number of nitrogen functional groups attached to an aromatic ring is 1. The van der Waals surface area contributed by atoms with Gasteiger partial charge >= 0.3 is 0 Å². The number of nitrogens with one attached hydrogen (secondary N) is 2. The highest BCUT2D eigenvalue weighted by Gasteiger charge is 2.16. The van der Waals surface area contributed by atoms with E-state index >= 15 is 0 Å². The molecule has 0 saturated carbocycles. The molecule has 0 spiro atoms. The van der Waals surface area contributed by atoms with Crippen LogP contribution in [0.25, 0.3) is 0 Å². The van der Waals surface area contributed by atoms with Crippen molar-refractivity contribution in [2.75, 3.05) is 26.1 Å². The molecule has 1 aromatic rings. The summed E-state index contributed by atoms with van der Waals surface area (Å²) in [6.45, 7) is 2.38. The van der Waals surface area contributed by atoms with Crippen molar-refractivity contribution in [3.8, 4) is 0 Å². The van der Waals surface area contributed by atoms with Crippen LogP contribution in [0.5, 0.6) is 0 Å². The number of pyridine rings is 1. The summed E-state index contributed by atoms with van der Waals surface area (Å²) >= 11 is 0. The standard InChI is InChI=1S/C11H18FN5O/c1-7(17(2)3)6-15-11(18)8-4-5-14-10(16-13)9(8)12/h4-5,7H,6,13H2,1-3H3,(H,14,16)(H,15,18). The fourth-order valence-electron chi connectivity index (χ4n) is 1.24. The Hall–Kier alpha value is -1.73. The summed E-state index contributed by atoms with van der Waals surface area (Å²) in [7, 11) is 3.81. The maximum absolute atomic E-state index is 13.7. The first-order valence-corrected chi connectivity index (χ1v) is 5.53. The van der Waals surface area contributed by atoms with Crippen LogP contribution < -0.4 is 16.6 Å². The van der Waals surface area contributed by atoms with E-state index in [0.717, 1.165) is 0 Å². The third kappa shape index (κ3) is 3.38. The zero-order valence-corrected chi connectivity index (χ0v) is 10.7. The molecule has 0 radical (unpaired) electrons. The van der Waals surface area contributed by atoms with Gasteiger partial charge in [0.05, 0.1) is 5.56 Å². The van der Waals surface area contributed by atoms with E-state index in [1.165, 1.54) is 12.3 Å². The highest BCUT2D eigenvalue weighted by atomic mass is 19.1. The number of hydrogen-bond donors (Lipinski definition) is 3. The number of aromatic nitrogens is 1. The minimum atomic E-state index is -0.755. The maximum atomic E-state index is 13.7. The highest BCUT2D eigenvalue weighted by Crippen LogP contribution is 2.13. The van der Waals surface area contributed by atoms with E-state index in [4.69, 9.17) is 5.84 Å². The van der Waals surface area contributed by atoms with Crippen LogP contribution >= 0.6 is 0 Å². The molecular formula is C11H18FN5O. The summed E-state index contributed by atoms with van der Waals surface area (Å²) in [5.74, 6) is 3.70. The second kappa shape index (κ2) is 6.27. The summed E-state index contributed by atoms with van der Waals surface area (Å²) in [4.78, 5) is 17.4. The second-order valence-electron chi connectivity index (χ2n) is 4.19. The lowest BCUT2D eigenvalue weighted by Gasteiger charge is -2.20. The molecule has 1 unspecified atom stereocenters. The van der Waals surface area contributed by atoms with Gasteiger partial charge in [-0.2, -0.15) is 0 Å². The van der Waals surface area contributed by atoms with Crippen LogP contribution in [0.3, 0.4) is 0 Å². The fraction of sp³-hybridized carbons (Fsp3) is 0.455. The molecule has 0 aliphatic carbocycles. The third-order valence-corrected chi connectivity index (χ3v) is 2.71. The van der Waals surface area contributed by atoms with Gasteiger partial charge in [-0.3, -0.25) is 4.79 Å². The predicted octanol–water partition coefficient (Wildman–Crippen LogP) is 0.186. The number of hydrogen-bond acceptors (Lipinski definition) is 5. The monoisotopic (exact) mass is 255 g/mol. The number of anilines is 1. The van der Waals surface area contributed by atoms with Gasteiger partial charge in [-0.05, 0) is 27.1 Å². The number of amides is 1. The van der Waals surface area contributed by atoms with Gasteiger partial charge in [0, 0.05) is 18.8 Å². The molecule has 0 aromatic carbocycles. The van der Waals surface area contributed by atoms with E-state index in [1.807, 2.05) is 25.9 Å². The van der Waals surface area contributed by atoms with Crippen molar-refractivity contribution in [1.82, 2.24) is 15.2 Å². The number of hydrazine groups is 1. The Labute approximate surface area is 105 Å². The Balaban J connectivity index is 2.73. The van der Waals surface area contributed by atoms with Gasteiger partial charge in [0.1, 0.15) is 0 Å². The van der Waals surface area contributed by atoms with E-state index in [9.17, 15) is 9.18 Å². The van der Waals surface area contributed by atoms with Crippen LogP contribution in [-0.2, 0) is 0 Å². The molecule has 1 amide bonds. The van der Waals surface area contributed by atoms with E-state index in [0.29, 0.717) is 6.54 Å². The molecule has 0 bridgehead atoms. The SMILES string of the molecule is CC(CNC(=O)c1ccnc(NN)c1F)N(C)C. The summed E-state index contributed by atoms with van der Waals surface area (Å²) in [6.07, 6.45) is 1.32. The van der Waals surface area contributed by atoms with Crippen molar-refractivity contribution in [3.63, 3.8) is 0 Å². The Morgan fingerprint density at radius 2 is 2.28 bits per heavy atom. The molecule has 4 N–H and O–H groups in total. The van der Waals surface area contributed by atoms with Crippen molar-refractivity contribution in [1.29, 1.82) is 0 Å². The lowest BCUT2D eigenvalue weighted by molar-refractivity contribution is 0.0939. The first-order chi connectivity index (χ1) is 8.47. The highest BCUT2D eigenvalue weighted by molar-refractivity contribution is 5.95. The third-order valence-electron chi connectivity index (χ3n) is 2.71. The topological polar surface area (TPSA) is 83.3 Å². The molecule has 1 heterocycles. The first kappa shape index (κ1) is 14.3. The van der Waals surface area contributed by atoms with E-state index < -0.39 is 11.7 Å². The molecule has 1 aromatic heterocycles. The summed E-state index contributed by atoms with van der Waals surface area (Å²) in [6, 6.07) is 1.47. The smallest absolute Gasteiger partial charge is 0.254 e. The quantitative estimate of drug-likeness (QED) is 0.516. The second-order valence-corrected chi connectivity index (χ2v) is 4.19. The number of nitrogens with zero attached hydrogens (tertiary/aromatic N) is 2. The van der Waals surface area contributed by atoms with E-state index in [-0.39, 0.29) is 17.4 Å². The summed E-state index contributed by atoms with van der Waals surface area (Å²) < 4.78 is 13.7. The molecule has 7 heteroatoms. The van der Waals surface area contributed by atoms with E-state index in [1.54, 1.807) is 0 Å². The molecular weight excluding hydrogens is 237 g/mol.